The molecule has 0 radical (unpaired) electrons. The Morgan fingerprint density at radius 3 is 1.90 bits per heavy atom. The van der Waals surface area contributed by atoms with Gasteiger partial charge in [-0.15, -0.1) is 0 Å². The number of guanidine groups is 1. The van der Waals surface area contributed by atoms with Crippen molar-refractivity contribution in [2.45, 2.75) is 134 Å². The van der Waals surface area contributed by atoms with Gasteiger partial charge in [0, 0.05) is 36.5 Å². The van der Waals surface area contributed by atoms with Crippen molar-refractivity contribution in [1.82, 2.24) is 47.5 Å². The lowest BCUT2D eigenvalue weighted by Crippen LogP contribution is -2.62. The number of aliphatic carboxylic acids is 1. The van der Waals surface area contributed by atoms with Crippen molar-refractivity contribution in [1.29, 1.82) is 0 Å². The number of H-pyrrole nitrogens is 1. The van der Waals surface area contributed by atoms with E-state index in [0.29, 0.717) is 35.9 Å². The Morgan fingerprint density at radius 1 is 0.718 bits per heavy atom. The molecule has 1 aliphatic rings. The number of fused-ring (bicyclic) bond motifs is 1. The van der Waals surface area contributed by atoms with E-state index in [4.69, 9.17) is 22.9 Å². The van der Waals surface area contributed by atoms with Crippen LogP contribution < -0.4 is 65.5 Å². The molecule has 0 aliphatic carbocycles. The summed E-state index contributed by atoms with van der Waals surface area (Å²) in [6.07, 6.45) is 1.69. The number of carbonyl (C=O) groups excluding carboxylic acids is 9. The molecular weight excluding hydrogens is 929 g/mol. The van der Waals surface area contributed by atoms with E-state index in [9.17, 15) is 58.2 Å². The molecule has 1 fully saturated rings. The quantitative estimate of drug-likeness (QED) is 0.0201. The monoisotopic (exact) mass is 999 g/mol. The highest BCUT2D eigenvalue weighted by atomic mass is 16.4. The number of primary amides is 2. The summed E-state index contributed by atoms with van der Waals surface area (Å²) in [6, 6.07) is -3.88. The van der Waals surface area contributed by atoms with Crippen LogP contribution in [-0.4, -0.2) is 148 Å². The Balaban J connectivity index is 1.86. The summed E-state index contributed by atoms with van der Waals surface area (Å²) in [7, 11) is 0. The van der Waals surface area contributed by atoms with Gasteiger partial charge in [-0.1, -0.05) is 52.3 Å². The third kappa shape index (κ3) is 18.5. The third-order valence-electron chi connectivity index (χ3n) is 11.9. The van der Waals surface area contributed by atoms with Crippen molar-refractivity contribution in [3.05, 3.63) is 36.0 Å². The van der Waals surface area contributed by atoms with E-state index in [1.807, 2.05) is 0 Å². The van der Waals surface area contributed by atoms with E-state index in [2.05, 4.69) is 52.5 Å². The fourth-order valence-corrected chi connectivity index (χ4v) is 7.64. The van der Waals surface area contributed by atoms with Gasteiger partial charge in [0.2, 0.25) is 53.2 Å². The summed E-state index contributed by atoms with van der Waals surface area (Å²) in [4.78, 5) is 139. The van der Waals surface area contributed by atoms with Crippen LogP contribution in [0.3, 0.4) is 0 Å². The van der Waals surface area contributed by atoms with Gasteiger partial charge >= 0.3 is 5.97 Å². The zero-order valence-electron chi connectivity index (χ0n) is 40.4. The average molecular weight is 999 g/mol. The Bertz CT molecular complexity index is 2240. The second-order valence-corrected chi connectivity index (χ2v) is 17.8. The molecule has 19 N–H and O–H groups in total. The summed E-state index contributed by atoms with van der Waals surface area (Å²) < 4.78 is 0. The number of aliphatic hydroxyl groups excluding tert-OH is 1. The minimum Gasteiger partial charge on any atom is -0.480 e. The fourth-order valence-electron chi connectivity index (χ4n) is 7.64. The number of hydrogen-bond donors (Lipinski definition) is 15. The Labute approximate surface area is 410 Å². The number of para-hydroxylation sites is 1. The highest BCUT2D eigenvalue weighted by molar-refractivity contribution is 5.99. The molecule has 0 unspecified atom stereocenters. The lowest BCUT2D eigenvalue weighted by molar-refractivity contribution is -0.142. The maximum Gasteiger partial charge on any atom is 0.326 e. The van der Waals surface area contributed by atoms with Crippen molar-refractivity contribution < 1.29 is 58.2 Å². The number of hydrogen-bond acceptors (Lipinski definition) is 13. The topological polar surface area (TPSA) is 440 Å². The van der Waals surface area contributed by atoms with Crippen molar-refractivity contribution in [2.24, 2.45) is 39.8 Å². The lowest BCUT2D eigenvalue weighted by atomic mass is 9.97. The SMILES string of the molecule is CC[C@H](C)[C@H](NC(=O)[C@H](CC(N)=O)NC(=O)[C@@H]1CCCN1)C(=O)N[C@@H](CO)C(=O)N[C@H](C(=O)N[C@@H](Cc1c[nH]c2ccccc12)C(=O)N[C@@H](CCC(N)=O)C(=O)N[C@@H](CCCN=C(N)N)C(=O)O)C(C)C. The molecule has 1 aliphatic heterocycles. The number of nitrogens with two attached hydrogens (primary N) is 4. The van der Waals surface area contributed by atoms with Crippen LogP contribution in [0.1, 0.15) is 84.6 Å². The molecule has 26 heteroatoms. The van der Waals surface area contributed by atoms with Crippen LogP contribution in [0.15, 0.2) is 35.5 Å². The molecule has 9 amide bonds. The molecule has 392 valence electrons. The number of aliphatic imine (C=N–C) groups is 1. The van der Waals surface area contributed by atoms with Crippen molar-refractivity contribution in [2.75, 3.05) is 19.7 Å². The van der Waals surface area contributed by atoms with E-state index < -0.39 is 139 Å². The van der Waals surface area contributed by atoms with Crippen LogP contribution in [0.2, 0.25) is 0 Å². The van der Waals surface area contributed by atoms with E-state index in [1.165, 1.54) is 0 Å². The summed E-state index contributed by atoms with van der Waals surface area (Å²) >= 11 is 0. The molecule has 26 nitrogen and oxygen atoms in total. The number of benzene rings is 1. The zero-order valence-corrected chi connectivity index (χ0v) is 40.4. The summed E-state index contributed by atoms with van der Waals surface area (Å²) in [5, 5.41) is 41.4. The lowest BCUT2D eigenvalue weighted by Gasteiger charge is -2.29. The number of carboxylic acid groups (broad SMARTS) is 1. The van der Waals surface area contributed by atoms with Gasteiger partial charge in [-0.05, 0) is 62.1 Å². The highest BCUT2D eigenvalue weighted by Gasteiger charge is 2.37. The largest absolute Gasteiger partial charge is 0.480 e. The van der Waals surface area contributed by atoms with Crippen LogP contribution in [0.4, 0.5) is 0 Å². The van der Waals surface area contributed by atoms with Gasteiger partial charge in [-0.25, -0.2) is 4.79 Å². The number of carboxylic acids is 1. The standard InChI is InChI=1S/C45H70N14O12/c1-5-23(4)36(59-40(66)31(19-34(47)62)55-37(63)27-12-8-16-50-27)43(69)57-32(21-60)41(67)58-35(22(2)3)42(68)56-30(18-24-20-52-26-11-7-6-10-25(24)26)39(65)53-28(14-15-33(46)61)38(64)54-29(44(70)71)13-9-17-51-45(48)49/h6-7,10-11,20,22-23,27-32,35-36,50,52,60H,5,8-9,12-19,21H2,1-4H3,(H2,46,61)(H2,47,62)(H,53,65)(H,54,64)(H,55,63)(H,56,68)(H,57,69)(H,58,67)(H,59,66)(H,70,71)(H4,48,49,51)/t23-,27-,28-,29-,30-,31-,32-,35-,36-/m0/s1. The molecule has 0 saturated carbocycles. The molecule has 0 spiro atoms. The molecule has 1 saturated heterocycles. The molecule has 1 aromatic heterocycles. The molecule has 2 heterocycles. The number of amides is 9. The number of rotatable bonds is 30. The van der Waals surface area contributed by atoms with Crippen molar-refractivity contribution >= 4 is 76.0 Å². The van der Waals surface area contributed by atoms with Crippen LogP contribution >= 0.6 is 0 Å². The van der Waals surface area contributed by atoms with E-state index >= 15 is 0 Å². The third-order valence-corrected chi connectivity index (χ3v) is 11.9. The van der Waals surface area contributed by atoms with Gasteiger partial charge in [0.15, 0.2) is 5.96 Å². The summed E-state index contributed by atoms with van der Waals surface area (Å²) in [6.45, 7) is 6.18. The highest BCUT2D eigenvalue weighted by Crippen LogP contribution is 2.20. The van der Waals surface area contributed by atoms with Gasteiger partial charge < -0.3 is 80.7 Å². The van der Waals surface area contributed by atoms with Gasteiger partial charge in [0.25, 0.3) is 0 Å². The van der Waals surface area contributed by atoms with Gasteiger partial charge in [-0.2, -0.15) is 0 Å². The first-order chi connectivity index (χ1) is 33.6. The average Bonchev–Trinajstić information content (AvgIpc) is 4.01. The molecule has 2 aromatic rings. The predicted octanol–water partition coefficient (Wildman–Crippen LogP) is -4.17. The first-order valence-electron chi connectivity index (χ1n) is 23.4. The van der Waals surface area contributed by atoms with Gasteiger partial charge in [0.05, 0.1) is 19.1 Å². The first kappa shape index (κ1) is 58.0. The van der Waals surface area contributed by atoms with E-state index in [-0.39, 0.29) is 38.2 Å². The predicted molar refractivity (Wildman–Crippen MR) is 258 cm³/mol. The summed E-state index contributed by atoms with van der Waals surface area (Å²) in [5.74, 6) is -10.8. The first-order valence-corrected chi connectivity index (χ1v) is 23.4. The number of carbonyl (C=O) groups is 10. The maximum absolute atomic E-state index is 14.3. The minimum atomic E-state index is -1.69. The number of nitrogens with zero attached hydrogens (tertiary/aromatic N) is 1. The van der Waals surface area contributed by atoms with Crippen molar-refractivity contribution in [3.8, 4) is 0 Å². The number of aromatic nitrogens is 1. The normalized spacial score (nSPS) is 16.6. The minimum absolute atomic E-state index is 0.0629. The maximum atomic E-state index is 14.3. The Kier molecular flexibility index (Phi) is 23.1. The Morgan fingerprint density at radius 2 is 1.31 bits per heavy atom. The van der Waals surface area contributed by atoms with Crippen LogP contribution in [-0.2, 0) is 54.4 Å². The molecule has 3 rings (SSSR count). The van der Waals surface area contributed by atoms with Crippen molar-refractivity contribution in [3.63, 3.8) is 0 Å². The van der Waals surface area contributed by atoms with Crippen LogP contribution in [0.5, 0.6) is 0 Å². The number of aliphatic hydroxyl groups is 1. The summed E-state index contributed by atoms with van der Waals surface area (Å²) in [5.41, 5.74) is 22.7. The Hall–Kier alpha value is -7.35. The molecule has 0 bridgehead atoms. The second-order valence-electron chi connectivity index (χ2n) is 17.8. The van der Waals surface area contributed by atoms with E-state index in [1.54, 1.807) is 58.2 Å². The van der Waals surface area contributed by atoms with Crippen LogP contribution in [0.25, 0.3) is 10.9 Å². The molecule has 1 aromatic carbocycles. The molecular formula is C45H70N14O12. The number of nitrogens with one attached hydrogen (secondary N) is 9. The zero-order chi connectivity index (χ0) is 52.9. The van der Waals surface area contributed by atoms with Gasteiger partial charge in [0.1, 0.15) is 42.3 Å². The molecule has 9 atom stereocenters. The number of aromatic amines is 1. The van der Waals surface area contributed by atoms with Gasteiger partial charge in [-0.3, -0.25) is 48.1 Å². The molecule has 71 heavy (non-hydrogen) atoms. The second kappa shape index (κ2) is 28.3. The van der Waals surface area contributed by atoms with Crippen LogP contribution in [0, 0.1) is 11.8 Å². The van der Waals surface area contributed by atoms with E-state index in [0.717, 1.165) is 6.42 Å². The smallest absolute Gasteiger partial charge is 0.326 e. The fraction of sp³-hybridized carbons (Fsp3) is 0.578.